The van der Waals surface area contributed by atoms with Crippen molar-refractivity contribution in [3.05, 3.63) is 83.1 Å². The highest BCUT2D eigenvalue weighted by Crippen LogP contribution is 2.24. The van der Waals surface area contributed by atoms with Crippen LogP contribution in [0.25, 0.3) is 0 Å². The molecule has 0 aliphatic heterocycles. The molecule has 6 nitrogen and oxygen atoms in total. The van der Waals surface area contributed by atoms with E-state index in [1.54, 1.807) is 38.6 Å². The van der Waals surface area contributed by atoms with Crippen molar-refractivity contribution in [2.24, 2.45) is 0 Å². The second kappa shape index (κ2) is 8.17. The average Bonchev–Trinajstić information content (AvgIpc) is 3.30. The third-order valence-corrected chi connectivity index (χ3v) is 4.68. The van der Waals surface area contributed by atoms with Crippen molar-refractivity contribution in [2.75, 3.05) is 14.1 Å². The highest BCUT2D eigenvalue weighted by Gasteiger charge is 2.28. The smallest absolute Gasteiger partial charge is 0.341 e. The maximum atomic E-state index is 12.9. The number of carbonyl (C=O) groups is 2. The lowest BCUT2D eigenvalue weighted by Gasteiger charge is -2.21. The van der Waals surface area contributed by atoms with Crippen molar-refractivity contribution in [3.63, 3.8) is 0 Å². The Balaban J connectivity index is 1.87. The summed E-state index contributed by atoms with van der Waals surface area (Å²) in [5.74, 6) is -0.0153. The summed E-state index contributed by atoms with van der Waals surface area (Å²) in [6.45, 7) is 4.31. The van der Waals surface area contributed by atoms with E-state index in [-0.39, 0.29) is 5.91 Å². The average molecular weight is 380 g/mol. The normalized spacial score (nSPS) is 11.9. The van der Waals surface area contributed by atoms with Crippen LogP contribution in [0.15, 0.2) is 59.2 Å². The van der Waals surface area contributed by atoms with Crippen LogP contribution in [0.5, 0.6) is 0 Å². The van der Waals surface area contributed by atoms with Gasteiger partial charge in [-0.05, 0) is 32.0 Å². The minimum atomic E-state index is -0.989. The molecule has 0 aliphatic rings. The molecule has 0 fully saturated rings. The van der Waals surface area contributed by atoms with E-state index in [9.17, 15) is 9.59 Å². The Morgan fingerprint density at radius 2 is 1.82 bits per heavy atom. The van der Waals surface area contributed by atoms with Gasteiger partial charge in [0.2, 0.25) is 6.10 Å². The molecule has 28 heavy (non-hydrogen) atoms. The Morgan fingerprint density at radius 3 is 2.43 bits per heavy atom. The van der Waals surface area contributed by atoms with Gasteiger partial charge >= 0.3 is 5.97 Å². The number of rotatable bonds is 6. The summed E-state index contributed by atoms with van der Waals surface area (Å²) in [5.41, 5.74) is 2.76. The lowest BCUT2D eigenvalue weighted by molar-refractivity contribution is -0.138. The number of nitrogens with zero attached hydrogens (tertiary/aromatic N) is 2. The van der Waals surface area contributed by atoms with Gasteiger partial charge in [-0.3, -0.25) is 4.79 Å². The third-order valence-electron chi connectivity index (χ3n) is 4.68. The molecule has 0 saturated carbocycles. The molecule has 0 aliphatic carbocycles. The van der Waals surface area contributed by atoms with Crippen LogP contribution in [0, 0.1) is 13.8 Å². The van der Waals surface area contributed by atoms with E-state index in [1.807, 2.05) is 48.7 Å². The number of hydrogen-bond acceptors (Lipinski definition) is 4. The topological polar surface area (TPSA) is 64.7 Å². The summed E-state index contributed by atoms with van der Waals surface area (Å²) in [5, 5.41) is 0. The maximum Gasteiger partial charge on any atom is 0.341 e. The van der Waals surface area contributed by atoms with Crippen LogP contribution < -0.4 is 0 Å². The fraction of sp³-hybridized carbons (Fsp3) is 0.273. The monoisotopic (exact) mass is 380 g/mol. The van der Waals surface area contributed by atoms with Gasteiger partial charge in [0.15, 0.2) is 0 Å². The first-order chi connectivity index (χ1) is 13.4. The SMILES string of the molecule is Cc1cc(C(=O)OC(C(=O)N(C)C)c2ccccc2)c(C)n1Cc1ccco1. The first kappa shape index (κ1) is 19.5. The predicted octanol–water partition coefficient (Wildman–Crippen LogP) is 3.73. The molecule has 6 heteroatoms. The van der Waals surface area contributed by atoms with Gasteiger partial charge in [0.05, 0.1) is 18.4 Å². The molecule has 3 aromatic rings. The number of ether oxygens (including phenoxy) is 1. The highest BCUT2D eigenvalue weighted by atomic mass is 16.5. The number of benzene rings is 1. The molecule has 3 rings (SSSR count). The zero-order chi connectivity index (χ0) is 20.3. The maximum absolute atomic E-state index is 12.9. The van der Waals surface area contributed by atoms with Crippen LogP contribution in [0.2, 0.25) is 0 Å². The number of furan rings is 1. The van der Waals surface area contributed by atoms with Crippen molar-refractivity contribution in [1.82, 2.24) is 9.47 Å². The Morgan fingerprint density at radius 1 is 1.11 bits per heavy atom. The fourth-order valence-electron chi connectivity index (χ4n) is 3.10. The van der Waals surface area contributed by atoms with Gasteiger partial charge in [0.1, 0.15) is 5.76 Å². The number of hydrogen-bond donors (Lipinski definition) is 0. The minimum absolute atomic E-state index is 0.288. The summed E-state index contributed by atoms with van der Waals surface area (Å²) >= 11 is 0. The molecule has 1 aromatic carbocycles. The summed E-state index contributed by atoms with van der Waals surface area (Å²) in [7, 11) is 3.28. The first-order valence-electron chi connectivity index (χ1n) is 9.04. The number of likely N-dealkylation sites (N-methyl/N-ethyl adjacent to an activating group) is 1. The second-order valence-corrected chi connectivity index (χ2v) is 6.88. The van der Waals surface area contributed by atoms with Crippen molar-refractivity contribution < 1.29 is 18.7 Å². The molecule has 1 unspecified atom stereocenters. The molecule has 0 bridgehead atoms. The predicted molar refractivity (Wildman–Crippen MR) is 105 cm³/mol. The summed E-state index contributed by atoms with van der Waals surface area (Å²) in [6, 6.07) is 14.5. The summed E-state index contributed by atoms with van der Waals surface area (Å²) in [4.78, 5) is 26.9. The number of amides is 1. The van der Waals surface area contributed by atoms with E-state index in [4.69, 9.17) is 9.15 Å². The van der Waals surface area contributed by atoms with Crippen LogP contribution in [0.1, 0.15) is 39.2 Å². The van der Waals surface area contributed by atoms with Crippen molar-refractivity contribution in [1.29, 1.82) is 0 Å². The van der Waals surface area contributed by atoms with E-state index >= 15 is 0 Å². The standard InChI is InChI=1S/C22H24N2O4/c1-15-13-19(16(2)24(15)14-18-11-8-12-27-18)22(26)28-20(21(25)23(3)4)17-9-6-5-7-10-17/h5-13,20H,14H2,1-4H3. The highest BCUT2D eigenvalue weighted by molar-refractivity contribution is 5.94. The number of carbonyl (C=O) groups excluding carboxylic acids is 2. The lowest BCUT2D eigenvalue weighted by Crippen LogP contribution is -2.31. The molecule has 1 atom stereocenters. The minimum Gasteiger partial charge on any atom is -0.467 e. The zero-order valence-corrected chi connectivity index (χ0v) is 16.5. The molecule has 0 spiro atoms. The van der Waals surface area contributed by atoms with Gasteiger partial charge < -0.3 is 18.6 Å². The van der Waals surface area contributed by atoms with Crippen LogP contribution >= 0.6 is 0 Å². The number of aromatic nitrogens is 1. The van der Waals surface area contributed by atoms with Gasteiger partial charge in [-0.2, -0.15) is 0 Å². The number of aryl methyl sites for hydroxylation is 1. The van der Waals surface area contributed by atoms with Gasteiger partial charge in [-0.1, -0.05) is 30.3 Å². The Bertz CT molecular complexity index is 956. The van der Waals surface area contributed by atoms with Gasteiger partial charge in [-0.15, -0.1) is 0 Å². The molecule has 0 N–H and O–H groups in total. The molecule has 2 aromatic heterocycles. The van der Waals surface area contributed by atoms with Gasteiger partial charge in [-0.25, -0.2) is 4.79 Å². The van der Waals surface area contributed by atoms with Crippen LogP contribution in [-0.4, -0.2) is 35.4 Å². The summed E-state index contributed by atoms with van der Waals surface area (Å²) < 4.78 is 13.1. The molecule has 2 heterocycles. The molecule has 0 radical (unpaired) electrons. The quantitative estimate of drug-likeness (QED) is 0.611. The molecular formula is C22H24N2O4. The van der Waals surface area contributed by atoms with E-state index in [0.717, 1.165) is 17.1 Å². The number of esters is 1. The molecule has 0 saturated heterocycles. The van der Waals surface area contributed by atoms with E-state index in [2.05, 4.69) is 0 Å². The first-order valence-corrected chi connectivity index (χ1v) is 9.04. The van der Waals surface area contributed by atoms with Gasteiger partial charge in [0.25, 0.3) is 5.91 Å². The van der Waals surface area contributed by atoms with Crippen LogP contribution in [0.4, 0.5) is 0 Å². The molecule has 1 amide bonds. The van der Waals surface area contributed by atoms with Crippen LogP contribution in [-0.2, 0) is 16.1 Å². The summed E-state index contributed by atoms with van der Waals surface area (Å²) in [6.07, 6.45) is 0.632. The Hall–Kier alpha value is -3.28. The van der Waals surface area contributed by atoms with Crippen molar-refractivity contribution in [2.45, 2.75) is 26.5 Å². The largest absolute Gasteiger partial charge is 0.467 e. The van der Waals surface area contributed by atoms with Crippen LogP contribution in [0.3, 0.4) is 0 Å². The molecular weight excluding hydrogens is 356 g/mol. The van der Waals surface area contributed by atoms with E-state index in [0.29, 0.717) is 17.7 Å². The van der Waals surface area contributed by atoms with Crippen molar-refractivity contribution >= 4 is 11.9 Å². The zero-order valence-electron chi connectivity index (χ0n) is 16.5. The Labute approximate surface area is 164 Å². The van der Waals surface area contributed by atoms with Crippen molar-refractivity contribution in [3.8, 4) is 0 Å². The lowest BCUT2D eigenvalue weighted by atomic mass is 10.1. The molecule has 146 valence electrons. The van der Waals surface area contributed by atoms with E-state index < -0.39 is 12.1 Å². The van der Waals surface area contributed by atoms with E-state index in [1.165, 1.54) is 4.90 Å². The Kier molecular flexibility index (Phi) is 5.68. The van der Waals surface area contributed by atoms with Gasteiger partial charge in [0, 0.05) is 31.0 Å². The second-order valence-electron chi connectivity index (χ2n) is 6.88. The third kappa shape index (κ3) is 4.01. The fourth-order valence-corrected chi connectivity index (χ4v) is 3.10.